The molecule has 0 aliphatic rings. The fourth-order valence-corrected chi connectivity index (χ4v) is 0.572. The van der Waals surface area contributed by atoms with Gasteiger partial charge in [0.15, 0.2) is 0 Å². The quantitative estimate of drug-likeness (QED) is 0.427. The summed E-state index contributed by atoms with van der Waals surface area (Å²) < 4.78 is 8.19. The average molecular weight is 301 g/mol. The molecule has 0 N–H and O–H groups in total. The molecule has 0 unspecified atom stereocenters. The summed E-state index contributed by atoms with van der Waals surface area (Å²) in [6.07, 6.45) is 2.11. The number of carbonyl (C=O) groups excluding carboxylic acids is 4. The first-order chi connectivity index (χ1) is 7.25. The number of ketones is 4. The zero-order chi connectivity index (χ0) is 13.7. The van der Waals surface area contributed by atoms with E-state index >= 15 is 0 Å². The molecule has 0 spiro atoms. The maximum atomic E-state index is 9.98. The molecule has 0 aliphatic heterocycles. The molecule has 0 atom stereocenters. The Morgan fingerprint density at radius 1 is 0.647 bits per heavy atom. The summed E-state index contributed by atoms with van der Waals surface area (Å²) in [5.74, 6) is -0.750. The molecule has 0 saturated carbocycles. The molecule has 7 heteroatoms. The van der Waals surface area contributed by atoms with E-state index in [2.05, 4.69) is 0 Å². The van der Waals surface area contributed by atoms with Crippen LogP contribution in [0.2, 0.25) is 0 Å². The summed E-state index contributed by atoms with van der Waals surface area (Å²) in [6, 6.07) is 0. The van der Waals surface area contributed by atoms with Gasteiger partial charge in [-0.15, -0.1) is 0 Å². The topological polar surface area (TPSA) is 85.3 Å². The molecule has 0 aromatic heterocycles. The first-order valence-corrected chi connectivity index (χ1v) is 4.72. The van der Waals surface area contributed by atoms with E-state index in [1.54, 1.807) is 0 Å². The van der Waals surface area contributed by atoms with E-state index < -0.39 is 0 Å². The number of rotatable bonds is 4. The van der Waals surface area contributed by atoms with Crippen LogP contribution in [0.4, 0.5) is 0 Å². The van der Waals surface area contributed by atoms with Gasteiger partial charge in [-0.3, -0.25) is 12.8 Å². The van der Waals surface area contributed by atoms with Gasteiger partial charge in [-0.05, 0) is 27.7 Å². The molecule has 0 saturated heterocycles. The monoisotopic (exact) mass is 300 g/mol. The fourth-order valence-electron chi connectivity index (χ4n) is 0.572. The van der Waals surface area contributed by atoms with Crippen molar-refractivity contribution in [2.45, 2.75) is 27.7 Å². The second-order valence-corrected chi connectivity index (χ2v) is 2.73. The number of halogens is 1. The van der Waals surface area contributed by atoms with Crippen LogP contribution in [-0.2, 0) is 40.2 Å². The Kier molecular flexibility index (Phi) is 25.8. The van der Waals surface area contributed by atoms with E-state index in [1.165, 1.54) is 27.7 Å². The SMILES string of the molecule is CC(=O)[CH-]C(C)=O.CC(=O)[CH-]C(C)=O.[Cl-].[O]=[V]. The second kappa shape index (κ2) is 17.5. The Hall–Kier alpha value is -0.906. The molecule has 0 rings (SSSR count). The zero-order valence-electron chi connectivity index (χ0n) is 10.0. The predicted octanol–water partition coefficient (Wildman–Crippen LogP) is -2.38. The standard InChI is InChI=1S/2C5H7O2.ClH.O.V/c2*1-4(6)3-5(2)7;;;/h2*3H,1-2H3;1H;;/q2*-1;;;/p-1. The van der Waals surface area contributed by atoms with Crippen molar-refractivity contribution >= 4 is 23.1 Å². The first kappa shape index (κ1) is 25.1. The Bertz CT molecular complexity index is 215. The molecule has 99 valence electrons. The number of hydrogen-bond acceptors (Lipinski definition) is 5. The summed E-state index contributed by atoms with van der Waals surface area (Å²) >= 11 is 1.06. The number of carbonyl (C=O) groups is 4. The van der Waals surface area contributed by atoms with Crippen LogP contribution in [0.15, 0.2) is 0 Å². The summed E-state index contributed by atoms with van der Waals surface area (Å²) in [5.41, 5.74) is 0. The molecule has 0 fully saturated rings. The third-order valence-electron chi connectivity index (χ3n) is 0.813. The maximum absolute atomic E-state index is 9.98. The van der Waals surface area contributed by atoms with E-state index in [-0.39, 0.29) is 35.5 Å². The molecule has 0 radical (unpaired) electrons. The molecular formula is C10H14ClO5V-3. The first-order valence-electron chi connectivity index (χ1n) is 4.15. The Morgan fingerprint density at radius 2 is 0.765 bits per heavy atom. The molecule has 0 aromatic rings. The fraction of sp³-hybridized carbons (Fsp3) is 0.400. The third kappa shape index (κ3) is 51.4. The van der Waals surface area contributed by atoms with Crippen LogP contribution >= 0.6 is 0 Å². The van der Waals surface area contributed by atoms with Crippen LogP contribution in [0.1, 0.15) is 27.7 Å². The van der Waals surface area contributed by atoms with Gasteiger partial charge in [0.2, 0.25) is 0 Å². The van der Waals surface area contributed by atoms with Gasteiger partial charge in [-0.2, -0.15) is 0 Å². The molecule has 0 amide bonds. The number of hydrogen-bond donors (Lipinski definition) is 0. The van der Waals surface area contributed by atoms with Crippen LogP contribution in [0.5, 0.6) is 0 Å². The van der Waals surface area contributed by atoms with E-state index in [9.17, 15) is 19.2 Å². The molecule has 17 heavy (non-hydrogen) atoms. The molecule has 0 aliphatic carbocycles. The van der Waals surface area contributed by atoms with Gasteiger partial charge in [0.25, 0.3) is 0 Å². The summed E-state index contributed by atoms with van der Waals surface area (Å²) in [6.45, 7) is 5.39. The normalized spacial score (nSPS) is 6.53. The number of Topliss-reactive ketones (excluding diaryl/α,β-unsaturated/α-hetero) is 4. The van der Waals surface area contributed by atoms with Crippen LogP contribution < -0.4 is 12.4 Å². The minimum absolute atomic E-state index is 0. The molecule has 0 aromatic carbocycles. The predicted molar refractivity (Wildman–Crippen MR) is 52.0 cm³/mol. The Balaban J connectivity index is -0.0000000823. The van der Waals surface area contributed by atoms with E-state index in [1.807, 2.05) is 0 Å². The summed E-state index contributed by atoms with van der Waals surface area (Å²) in [5, 5.41) is 0. The van der Waals surface area contributed by atoms with Crippen molar-refractivity contribution in [1.29, 1.82) is 0 Å². The third-order valence-corrected chi connectivity index (χ3v) is 0.813. The Labute approximate surface area is 116 Å². The molecule has 0 heterocycles. The van der Waals surface area contributed by atoms with Crippen LogP contribution in [0.3, 0.4) is 0 Å². The van der Waals surface area contributed by atoms with Crippen molar-refractivity contribution in [3.63, 3.8) is 0 Å². The van der Waals surface area contributed by atoms with Gasteiger partial charge >= 0.3 is 21.0 Å². The second-order valence-electron chi connectivity index (χ2n) is 2.73. The van der Waals surface area contributed by atoms with Crippen LogP contribution in [-0.4, -0.2) is 23.1 Å². The van der Waals surface area contributed by atoms with Crippen molar-refractivity contribution in [1.82, 2.24) is 0 Å². The van der Waals surface area contributed by atoms with Crippen molar-refractivity contribution < 1.29 is 52.6 Å². The van der Waals surface area contributed by atoms with Crippen molar-refractivity contribution in [3.8, 4) is 0 Å². The molecular weight excluding hydrogens is 287 g/mol. The van der Waals surface area contributed by atoms with Crippen LogP contribution in [0, 0.1) is 12.8 Å². The van der Waals surface area contributed by atoms with Gasteiger partial charge in [0, 0.05) is 23.1 Å². The summed E-state index contributed by atoms with van der Waals surface area (Å²) in [7, 11) is 0. The van der Waals surface area contributed by atoms with Gasteiger partial charge < -0.3 is 31.6 Å². The summed E-state index contributed by atoms with van der Waals surface area (Å²) in [4.78, 5) is 39.9. The van der Waals surface area contributed by atoms with E-state index in [4.69, 9.17) is 3.67 Å². The van der Waals surface area contributed by atoms with Gasteiger partial charge in [-0.25, -0.2) is 0 Å². The van der Waals surface area contributed by atoms with Gasteiger partial charge in [0.1, 0.15) is 0 Å². The van der Waals surface area contributed by atoms with Crippen molar-refractivity contribution in [2.24, 2.45) is 0 Å². The average Bonchev–Trinajstić information content (AvgIpc) is 2.03. The minimum atomic E-state index is -0.187. The van der Waals surface area contributed by atoms with Crippen molar-refractivity contribution in [2.75, 3.05) is 0 Å². The zero-order valence-corrected chi connectivity index (χ0v) is 12.2. The van der Waals surface area contributed by atoms with Crippen molar-refractivity contribution in [3.05, 3.63) is 12.8 Å². The molecule has 5 nitrogen and oxygen atoms in total. The van der Waals surface area contributed by atoms with Gasteiger partial charge in [0.05, 0.1) is 0 Å². The molecule has 0 bridgehead atoms. The van der Waals surface area contributed by atoms with E-state index in [0.717, 1.165) is 30.2 Å². The van der Waals surface area contributed by atoms with E-state index in [0.29, 0.717) is 0 Å². The Morgan fingerprint density at radius 3 is 0.765 bits per heavy atom. The van der Waals surface area contributed by atoms with Crippen LogP contribution in [0.25, 0.3) is 0 Å². The van der Waals surface area contributed by atoms with Gasteiger partial charge in [-0.1, -0.05) is 0 Å².